The average molecular weight is 209 g/mol. The van der Waals surface area contributed by atoms with Gasteiger partial charge in [-0.2, -0.15) is 0 Å². The number of ether oxygens (including phenoxy) is 1. The lowest BCUT2D eigenvalue weighted by Gasteiger charge is -2.14. The van der Waals surface area contributed by atoms with Crippen molar-refractivity contribution in [2.75, 3.05) is 0 Å². The number of hydrogen-bond acceptors (Lipinski definition) is 4. The van der Waals surface area contributed by atoms with Crippen LogP contribution in [0.4, 0.5) is 0 Å². The number of rotatable bonds is 2. The predicted molar refractivity (Wildman–Crippen MR) is 49.8 cm³/mol. The summed E-state index contributed by atoms with van der Waals surface area (Å²) in [6.07, 6.45) is 1.67. The highest BCUT2D eigenvalue weighted by Gasteiger charge is 2.40. The van der Waals surface area contributed by atoms with Crippen molar-refractivity contribution in [3.05, 3.63) is 30.1 Å². The lowest BCUT2D eigenvalue weighted by molar-refractivity contribution is -0.144. The molecule has 3 atom stereocenters. The second-order valence-corrected chi connectivity index (χ2v) is 3.48. The molecule has 0 saturated carbocycles. The summed E-state index contributed by atoms with van der Waals surface area (Å²) in [6.45, 7) is 0. The molecule has 15 heavy (non-hydrogen) atoms. The van der Waals surface area contributed by atoms with E-state index in [2.05, 4.69) is 4.98 Å². The number of aromatic nitrogens is 1. The van der Waals surface area contributed by atoms with Gasteiger partial charge in [0.05, 0.1) is 5.92 Å². The van der Waals surface area contributed by atoms with Gasteiger partial charge in [0.15, 0.2) is 6.29 Å². The molecule has 0 bridgehead atoms. The van der Waals surface area contributed by atoms with E-state index in [1.54, 1.807) is 24.5 Å². The Morgan fingerprint density at radius 2 is 2.40 bits per heavy atom. The van der Waals surface area contributed by atoms with Gasteiger partial charge in [0.1, 0.15) is 6.10 Å². The first-order valence-electron chi connectivity index (χ1n) is 4.64. The SMILES string of the molecule is O=C(O)C1CC(O)OC1c1cccnc1. The van der Waals surface area contributed by atoms with Crippen LogP contribution in [0.2, 0.25) is 0 Å². The first-order chi connectivity index (χ1) is 7.18. The van der Waals surface area contributed by atoms with Crippen LogP contribution in [-0.4, -0.2) is 27.5 Å². The predicted octanol–water partition coefficient (Wildman–Crippen LogP) is 0.562. The molecule has 0 spiro atoms. The number of aliphatic hydroxyl groups is 1. The quantitative estimate of drug-likeness (QED) is 0.744. The van der Waals surface area contributed by atoms with Gasteiger partial charge < -0.3 is 14.9 Å². The fourth-order valence-electron chi connectivity index (χ4n) is 1.75. The molecule has 2 rings (SSSR count). The molecule has 1 aromatic rings. The number of carbonyl (C=O) groups is 1. The zero-order valence-corrected chi connectivity index (χ0v) is 7.91. The summed E-state index contributed by atoms with van der Waals surface area (Å²) in [5, 5.41) is 18.2. The maximum absolute atomic E-state index is 10.9. The van der Waals surface area contributed by atoms with E-state index in [1.165, 1.54) is 0 Å². The summed E-state index contributed by atoms with van der Waals surface area (Å²) >= 11 is 0. The maximum atomic E-state index is 10.9. The number of hydrogen-bond donors (Lipinski definition) is 2. The minimum absolute atomic E-state index is 0.120. The summed E-state index contributed by atoms with van der Waals surface area (Å²) in [5.41, 5.74) is 0.682. The van der Waals surface area contributed by atoms with Gasteiger partial charge in [-0.3, -0.25) is 9.78 Å². The number of aliphatic hydroxyl groups excluding tert-OH is 1. The summed E-state index contributed by atoms with van der Waals surface area (Å²) in [5.74, 6) is -1.66. The van der Waals surface area contributed by atoms with Crippen molar-refractivity contribution in [1.82, 2.24) is 4.98 Å². The van der Waals surface area contributed by atoms with Crippen LogP contribution in [0.3, 0.4) is 0 Å². The lowest BCUT2D eigenvalue weighted by atomic mass is 9.96. The Balaban J connectivity index is 2.24. The first kappa shape index (κ1) is 10.1. The first-order valence-corrected chi connectivity index (χ1v) is 4.64. The zero-order valence-electron chi connectivity index (χ0n) is 7.91. The van der Waals surface area contributed by atoms with E-state index in [-0.39, 0.29) is 6.42 Å². The maximum Gasteiger partial charge on any atom is 0.309 e. The standard InChI is InChI=1S/C10H11NO4/c12-8-4-7(10(13)14)9(15-8)6-2-1-3-11-5-6/h1-3,5,7-9,12H,4H2,(H,13,14). The van der Waals surface area contributed by atoms with Crippen LogP contribution in [0, 0.1) is 5.92 Å². The molecule has 0 amide bonds. The van der Waals surface area contributed by atoms with Gasteiger partial charge in [0.2, 0.25) is 0 Å². The molecule has 5 nitrogen and oxygen atoms in total. The second-order valence-electron chi connectivity index (χ2n) is 3.48. The fraction of sp³-hybridized carbons (Fsp3) is 0.400. The normalized spacial score (nSPS) is 30.3. The second kappa shape index (κ2) is 3.96. The van der Waals surface area contributed by atoms with Crippen LogP contribution < -0.4 is 0 Å². The molecule has 1 aliphatic heterocycles. The van der Waals surface area contributed by atoms with Crippen LogP contribution in [0.15, 0.2) is 24.5 Å². The molecule has 1 fully saturated rings. The van der Waals surface area contributed by atoms with Gasteiger partial charge in [-0.15, -0.1) is 0 Å². The Morgan fingerprint density at radius 3 is 3.00 bits per heavy atom. The molecule has 2 heterocycles. The van der Waals surface area contributed by atoms with Gasteiger partial charge in [0, 0.05) is 24.4 Å². The van der Waals surface area contributed by atoms with Crippen molar-refractivity contribution in [3.8, 4) is 0 Å². The minimum Gasteiger partial charge on any atom is -0.481 e. The van der Waals surface area contributed by atoms with E-state index in [0.717, 1.165) is 0 Å². The van der Waals surface area contributed by atoms with Crippen molar-refractivity contribution >= 4 is 5.97 Å². The van der Waals surface area contributed by atoms with Crippen LogP contribution in [0.5, 0.6) is 0 Å². The third-order valence-electron chi connectivity index (χ3n) is 2.45. The molecule has 1 saturated heterocycles. The largest absolute Gasteiger partial charge is 0.481 e. The topological polar surface area (TPSA) is 79.7 Å². The molecule has 0 aliphatic carbocycles. The summed E-state index contributed by atoms with van der Waals surface area (Å²) in [7, 11) is 0. The van der Waals surface area contributed by atoms with Gasteiger partial charge >= 0.3 is 5.97 Å². The molecular formula is C10H11NO4. The number of nitrogens with zero attached hydrogens (tertiary/aromatic N) is 1. The smallest absolute Gasteiger partial charge is 0.309 e. The van der Waals surface area contributed by atoms with Gasteiger partial charge in [-0.1, -0.05) is 6.07 Å². The Bertz CT molecular complexity index is 354. The summed E-state index contributed by atoms with van der Waals surface area (Å²) in [6, 6.07) is 3.45. The monoisotopic (exact) mass is 209 g/mol. The van der Waals surface area contributed by atoms with Crippen LogP contribution >= 0.6 is 0 Å². The highest BCUT2D eigenvalue weighted by Crippen LogP contribution is 2.36. The lowest BCUT2D eigenvalue weighted by Crippen LogP contribution is -2.17. The van der Waals surface area contributed by atoms with E-state index >= 15 is 0 Å². The van der Waals surface area contributed by atoms with Crippen LogP contribution in [0.1, 0.15) is 18.1 Å². The van der Waals surface area contributed by atoms with Gasteiger partial charge in [-0.05, 0) is 6.07 Å². The Hall–Kier alpha value is -1.46. The number of carboxylic acid groups (broad SMARTS) is 1. The van der Waals surface area contributed by atoms with Crippen molar-refractivity contribution in [3.63, 3.8) is 0 Å². The van der Waals surface area contributed by atoms with Gasteiger partial charge in [-0.25, -0.2) is 0 Å². The molecule has 0 aromatic carbocycles. The van der Waals surface area contributed by atoms with Crippen LogP contribution in [0.25, 0.3) is 0 Å². The fourth-order valence-corrected chi connectivity index (χ4v) is 1.75. The van der Waals surface area contributed by atoms with E-state index in [0.29, 0.717) is 5.56 Å². The number of aliphatic carboxylic acids is 1. The molecule has 0 radical (unpaired) electrons. The Labute approximate surface area is 86.3 Å². The third-order valence-corrected chi connectivity index (χ3v) is 2.45. The van der Waals surface area contributed by atoms with Crippen molar-refractivity contribution in [2.45, 2.75) is 18.8 Å². The van der Waals surface area contributed by atoms with Gasteiger partial charge in [0.25, 0.3) is 0 Å². The summed E-state index contributed by atoms with van der Waals surface area (Å²) in [4.78, 5) is 14.8. The molecule has 5 heteroatoms. The zero-order chi connectivity index (χ0) is 10.8. The van der Waals surface area contributed by atoms with Crippen LogP contribution in [-0.2, 0) is 9.53 Å². The molecule has 3 unspecified atom stereocenters. The molecule has 1 aromatic heterocycles. The molecule has 2 N–H and O–H groups in total. The number of pyridine rings is 1. The molecule has 80 valence electrons. The van der Waals surface area contributed by atoms with Crippen molar-refractivity contribution in [2.24, 2.45) is 5.92 Å². The average Bonchev–Trinajstić information content (AvgIpc) is 2.62. The van der Waals surface area contributed by atoms with E-state index in [1.807, 2.05) is 0 Å². The highest BCUT2D eigenvalue weighted by atomic mass is 16.6. The minimum atomic E-state index is -1.00. The highest BCUT2D eigenvalue weighted by molar-refractivity contribution is 5.71. The number of carboxylic acids is 1. The van der Waals surface area contributed by atoms with Crippen molar-refractivity contribution < 1.29 is 19.7 Å². The van der Waals surface area contributed by atoms with E-state index in [4.69, 9.17) is 9.84 Å². The summed E-state index contributed by atoms with van der Waals surface area (Å²) < 4.78 is 5.16. The van der Waals surface area contributed by atoms with E-state index < -0.39 is 24.3 Å². The third kappa shape index (κ3) is 1.98. The Morgan fingerprint density at radius 1 is 1.60 bits per heavy atom. The van der Waals surface area contributed by atoms with E-state index in [9.17, 15) is 9.90 Å². The molecular weight excluding hydrogens is 198 g/mol. The molecule has 1 aliphatic rings. The Kier molecular flexibility index (Phi) is 2.66. The van der Waals surface area contributed by atoms with Crippen molar-refractivity contribution in [1.29, 1.82) is 0 Å².